The zero-order chi connectivity index (χ0) is 24.4. The summed E-state index contributed by atoms with van der Waals surface area (Å²) in [6.07, 6.45) is 8.31. The molecule has 0 aromatic carbocycles. The lowest BCUT2D eigenvalue weighted by Gasteiger charge is -2.30. The smallest absolute Gasteiger partial charge is 0.243 e. The molecule has 1 aliphatic carbocycles. The van der Waals surface area contributed by atoms with Gasteiger partial charge in [0.2, 0.25) is 17.7 Å². The normalized spacial score (nSPS) is 21.8. The molecule has 0 bridgehead atoms. The van der Waals surface area contributed by atoms with Crippen LogP contribution in [-0.4, -0.2) is 66.2 Å². The van der Waals surface area contributed by atoms with Crippen molar-refractivity contribution in [3.05, 3.63) is 0 Å². The van der Waals surface area contributed by atoms with Crippen LogP contribution in [0, 0.1) is 11.8 Å². The van der Waals surface area contributed by atoms with Gasteiger partial charge >= 0.3 is 0 Å². The second-order valence-corrected chi connectivity index (χ2v) is 9.64. The van der Waals surface area contributed by atoms with E-state index in [0.29, 0.717) is 31.7 Å². The summed E-state index contributed by atoms with van der Waals surface area (Å²) in [6, 6.07) is -1.40. The number of hydrogen-bond donors (Lipinski definition) is 4. The maximum absolute atomic E-state index is 12.9. The molecule has 0 radical (unpaired) electrons. The lowest BCUT2D eigenvalue weighted by molar-refractivity contribution is -0.139. The van der Waals surface area contributed by atoms with Gasteiger partial charge in [-0.3, -0.25) is 19.2 Å². The molecule has 9 nitrogen and oxygen atoms in total. The van der Waals surface area contributed by atoms with E-state index in [4.69, 9.17) is 11.5 Å². The molecule has 2 rings (SSSR count). The molecular weight excluding hydrogens is 422 g/mol. The third kappa shape index (κ3) is 8.07. The van der Waals surface area contributed by atoms with Gasteiger partial charge in [-0.05, 0) is 51.0 Å². The quantitative estimate of drug-likeness (QED) is 0.336. The van der Waals surface area contributed by atoms with Crippen LogP contribution in [0.4, 0.5) is 0 Å². The molecule has 2 aliphatic rings. The Balaban J connectivity index is 1.84. The predicted molar refractivity (Wildman–Crippen MR) is 127 cm³/mol. The lowest BCUT2D eigenvalue weighted by atomic mass is 9.83. The Labute approximate surface area is 197 Å². The first kappa shape index (κ1) is 27.2. The van der Waals surface area contributed by atoms with E-state index in [1.165, 1.54) is 19.3 Å². The van der Waals surface area contributed by atoms with E-state index in [0.717, 1.165) is 19.3 Å². The van der Waals surface area contributed by atoms with E-state index >= 15 is 0 Å². The number of Topliss-reactive ketones (excluding diaryl/α,β-unsaturated/α-hetero) is 1. The van der Waals surface area contributed by atoms with Crippen LogP contribution in [0.1, 0.15) is 78.1 Å². The number of carbonyl (C=O) groups excluding carboxylic acids is 4. The molecule has 2 fully saturated rings. The van der Waals surface area contributed by atoms with Crippen molar-refractivity contribution in [2.24, 2.45) is 23.3 Å². The number of likely N-dealkylation sites (tertiary alicyclic amines) is 1. The van der Waals surface area contributed by atoms with Crippen molar-refractivity contribution in [3.63, 3.8) is 0 Å². The molecule has 0 aromatic heterocycles. The Morgan fingerprint density at radius 2 is 1.76 bits per heavy atom. The summed E-state index contributed by atoms with van der Waals surface area (Å²) >= 11 is 0. The minimum Gasteiger partial charge on any atom is -0.345 e. The van der Waals surface area contributed by atoms with Gasteiger partial charge in [0.25, 0.3) is 0 Å². The average Bonchev–Trinajstić information content (AvgIpc) is 3.32. The highest BCUT2D eigenvalue weighted by Gasteiger charge is 2.35. The molecule has 1 heterocycles. The zero-order valence-electron chi connectivity index (χ0n) is 20.3. The van der Waals surface area contributed by atoms with Crippen molar-refractivity contribution in [2.45, 2.75) is 96.2 Å². The third-order valence-electron chi connectivity index (χ3n) is 7.20. The predicted octanol–water partition coefficient (Wildman–Crippen LogP) is 0.840. The highest BCUT2D eigenvalue weighted by Crippen LogP contribution is 2.28. The molecule has 0 spiro atoms. The molecule has 1 saturated heterocycles. The summed E-state index contributed by atoms with van der Waals surface area (Å²) in [4.78, 5) is 52.1. The van der Waals surface area contributed by atoms with E-state index in [1.807, 2.05) is 13.8 Å². The fourth-order valence-electron chi connectivity index (χ4n) is 4.91. The standard InChI is InChI=1S/C24H43N5O4/c1-3-16(2)23(32)19(11-12-25)28-21(30)15-27-24(33)20-10-7-13-29(20)22(31)14-18(26)17-8-5-4-6-9-17/h16-20H,3-15,25-26H2,1-2H3,(H,27,33)(H,28,30). The van der Waals surface area contributed by atoms with E-state index in [-0.39, 0.29) is 49.1 Å². The fraction of sp³-hybridized carbons (Fsp3) is 0.833. The maximum Gasteiger partial charge on any atom is 0.243 e. The van der Waals surface area contributed by atoms with E-state index in [1.54, 1.807) is 4.90 Å². The molecule has 1 saturated carbocycles. The Kier molecular flexibility index (Phi) is 11.3. The van der Waals surface area contributed by atoms with Gasteiger partial charge in [-0.25, -0.2) is 0 Å². The molecule has 6 N–H and O–H groups in total. The SMILES string of the molecule is CCC(C)C(=O)C(CCN)NC(=O)CNC(=O)C1CCCN1C(=O)CC(N)C1CCCCC1. The first-order chi connectivity index (χ1) is 15.8. The molecule has 3 amide bonds. The highest BCUT2D eigenvalue weighted by atomic mass is 16.2. The van der Waals surface area contributed by atoms with Crippen LogP contribution in [0.3, 0.4) is 0 Å². The zero-order valence-corrected chi connectivity index (χ0v) is 20.3. The van der Waals surface area contributed by atoms with Crippen LogP contribution in [0.2, 0.25) is 0 Å². The van der Waals surface area contributed by atoms with E-state index in [9.17, 15) is 19.2 Å². The minimum absolute atomic E-state index is 0.0514. The monoisotopic (exact) mass is 465 g/mol. The number of amides is 3. The molecule has 9 heteroatoms. The van der Waals surface area contributed by atoms with Gasteiger partial charge in [0.05, 0.1) is 12.6 Å². The Bertz CT molecular complexity index is 680. The molecule has 4 unspecified atom stereocenters. The van der Waals surface area contributed by atoms with Crippen molar-refractivity contribution in [3.8, 4) is 0 Å². The average molecular weight is 466 g/mol. The number of carbonyl (C=O) groups is 4. The van der Waals surface area contributed by atoms with Crippen LogP contribution in [-0.2, 0) is 19.2 Å². The maximum atomic E-state index is 12.9. The van der Waals surface area contributed by atoms with Gasteiger partial charge in [-0.2, -0.15) is 0 Å². The first-order valence-corrected chi connectivity index (χ1v) is 12.6. The minimum atomic E-state index is -0.653. The largest absolute Gasteiger partial charge is 0.345 e. The van der Waals surface area contributed by atoms with Crippen LogP contribution < -0.4 is 22.1 Å². The molecule has 1 aliphatic heterocycles. The third-order valence-corrected chi connectivity index (χ3v) is 7.20. The summed E-state index contributed by atoms with van der Waals surface area (Å²) in [7, 11) is 0. The summed E-state index contributed by atoms with van der Waals surface area (Å²) < 4.78 is 0. The van der Waals surface area contributed by atoms with E-state index < -0.39 is 18.0 Å². The van der Waals surface area contributed by atoms with Gasteiger partial charge < -0.3 is 27.0 Å². The van der Waals surface area contributed by atoms with Gasteiger partial charge in [-0.1, -0.05) is 33.1 Å². The first-order valence-electron chi connectivity index (χ1n) is 12.6. The lowest BCUT2D eigenvalue weighted by Crippen LogP contribution is -2.51. The fourth-order valence-corrected chi connectivity index (χ4v) is 4.91. The number of rotatable bonds is 12. The van der Waals surface area contributed by atoms with Gasteiger partial charge in [-0.15, -0.1) is 0 Å². The molecule has 33 heavy (non-hydrogen) atoms. The Morgan fingerprint density at radius 1 is 1.06 bits per heavy atom. The summed E-state index contributed by atoms with van der Waals surface area (Å²) in [5, 5.41) is 5.33. The van der Waals surface area contributed by atoms with Crippen molar-refractivity contribution in [1.82, 2.24) is 15.5 Å². The van der Waals surface area contributed by atoms with Gasteiger partial charge in [0.15, 0.2) is 5.78 Å². The van der Waals surface area contributed by atoms with Crippen LogP contribution in [0.15, 0.2) is 0 Å². The summed E-state index contributed by atoms with van der Waals surface area (Å²) in [5.74, 6) is -0.711. The molecule has 0 aromatic rings. The van der Waals surface area contributed by atoms with Crippen molar-refractivity contribution >= 4 is 23.5 Å². The molecular formula is C24H43N5O4. The number of hydrogen-bond acceptors (Lipinski definition) is 6. The summed E-state index contributed by atoms with van der Waals surface area (Å²) in [5.41, 5.74) is 11.9. The topological polar surface area (TPSA) is 148 Å². The van der Waals surface area contributed by atoms with Crippen LogP contribution in [0.25, 0.3) is 0 Å². The van der Waals surface area contributed by atoms with Crippen molar-refractivity contribution in [2.75, 3.05) is 19.6 Å². The number of nitrogens with two attached hydrogens (primary N) is 2. The van der Waals surface area contributed by atoms with E-state index in [2.05, 4.69) is 10.6 Å². The highest BCUT2D eigenvalue weighted by molar-refractivity contribution is 5.93. The molecule has 188 valence electrons. The summed E-state index contributed by atoms with van der Waals surface area (Å²) in [6.45, 7) is 4.31. The number of ketones is 1. The van der Waals surface area contributed by atoms with Gasteiger partial charge in [0, 0.05) is 24.9 Å². The van der Waals surface area contributed by atoms with Crippen molar-refractivity contribution < 1.29 is 19.2 Å². The Morgan fingerprint density at radius 3 is 2.39 bits per heavy atom. The van der Waals surface area contributed by atoms with Crippen molar-refractivity contribution in [1.29, 1.82) is 0 Å². The van der Waals surface area contributed by atoms with Crippen LogP contribution in [0.5, 0.6) is 0 Å². The molecule has 4 atom stereocenters. The van der Waals surface area contributed by atoms with Gasteiger partial charge in [0.1, 0.15) is 6.04 Å². The second-order valence-electron chi connectivity index (χ2n) is 9.64. The number of nitrogens with zero attached hydrogens (tertiary/aromatic N) is 1. The van der Waals surface area contributed by atoms with Crippen LogP contribution >= 0.6 is 0 Å². The number of nitrogens with one attached hydrogen (secondary N) is 2. The second kappa shape index (κ2) is 13.6. The Hall–Kier alpha value is -2.00.